The zero-order valence-electron chi connectivity index (χ0n) is 16.6. The molecule has 7 nitrogen and oxygen atoms in total. The lowest BCUT2D eigenvalue weighted by Gasteiger charge is -2.28. The van der Waals surface area contributed by atoms with E-state index in [1.165, 1.54) is 30.5 Å². The Bertz CT molecular complexity index is 887. The van der Waals surface area contributed by atoms with Gasteiger partial charge >= 0.3 is 12.1 Å². The van der Waals surface area contributed by atoms with Crippen LogP contribution in [-0.2, 0) is 17.6 Å². The number of halogens is 3. The number of anilines is 2. The molecule has 0 aromatic carbocycles. The summed E-state index contributed by atoms with van der Waals surface area (Å²) < 4.78 is 31.7. The molecular formula is C20H24F3N5O2. The van der Waals surface area contributed by atoms with Crippen LogP contribution in [0, 0.1) is 6.92 Å². The molecule has 1 fully saturated rings. The van der Waals surface area contributed by atoms with Crippen LogP contribution < -0.4 is 10.2 Å². The van der Waals surface area contributed by atoms with Crippen LogP contribution in [-0.4, -0.2) is 51.3 Å². The molecule has 1 saturated carbocycles. The van der Waals surface area contributed by atoms with E-state index in [0.717, 1.165) is 43.3 Å². The van der Waals surface area contributed by atoms with Gasteiger partial charge in [-0.2, -0.15) is 13.2 Å². The Morgan fingerprint density at radius 3 is 2.50 bits per heavy atom. The second-order valence-corrected chi connectivity index (χ2v) is 7.35. The predicted octanol–water partition coefficient (Wildman–Crippen LogP) is 3.38. The minimum absolute atomic E-state index is 0.604. The number of pyridine rings is 1. The number of alkyl halides is 3. The summed E-state index contributed by atoms with van der Waals surface area (Å²) in [5.41, 5.74) is 3.56. The number of hydrogen-bond donors (Lipinski definition) is 2. The van der Waals surface area contributed by atoms with Gasteiger partial charge in [-0.25, -0.2) is 19.7 Å². The van der Waals surface area contributed by atoms with E-state index in [2.05, 4.69) is 37.3 Å². The van der Waals surface area contributed by atoms with Crippen LogP contribution in [0.25, 0.3) is 0 Å². The fraction of sp³-hybridized carbons (Fsp3) is 0.500. The van der Waals surface area contributed by atoms with Crippen LogP contribution in [0.4, 0.5) is 24.8 Å². The molecule has 2 N–H and O–H groups in total. The van der Waals surface area contributed by atoms with Gasteiger partial charge in [-0.3, -0.25) is 0 Å². The molecule has 10 heteroatoms. The van der Waals surface area contributed by atoms with Crippen LogP contribution in [0.1, 0.15) is 36.2 Å². The van der Waals surface area contributed by atoms with E-state index in [9.17, 15) is 13.2 Å². The van der Waals surface area contributed by atoms with Crippen LogP contribution in [0.2, 0.25) is 0 Å². The second-order valence-electron chi connectivity index (χ2n) is 7.35. The Morgan fingerprint density at radius 1 is 1.20 bits per heavy atom. The Morgan fingerprint density at radius 2 is 1.90 bits per heavy atom. The molecule has 2 aromatic heterocycles. The van der Waals surface area contributed by atoms with Crippen molar-refractivity contribution in [2.45, 2.75) is 51.2 Å². The maximum atomic E-state index is 10.6. The van der Waals surface area contributed by atoms with Crippen molar-refractivity contribution in [3.63, 3.8) is 0 Å². The van der Waals surface area contributed by atoms with Crippen molar-refractivity contribution in [3.05, 3.63) is 41.5 Å². The van der Waals surface area contributed by atoms with Crippen molar-refractivity contribution >= 4 is 17.6 Å². The van der Waals surface area contributed by atoms with Gasteiger partial charge in [-0.05, 0) is 44.7 Å². The highest BCUT2D eigenvalue weighted by Crippen LogP contribution is 2.27. The molecule has 0 radical (unpaired) electrons. The highest BCUT2D eigenvalue weighted by atomic mass is 19.4. The summed E-state index contributed by atoms with van der Waals surface area (Å²) in [5, 5.41) is 10.7. The lowest BCUT2D eigenvalue weighted by molar-refractivity contribution is -0.192. The minimum Gasteiger partial charge on any atom is -0.475 e. The molecule has 1 aliphatic carbocycles. The minimum atomic E-state index is -5.08. The molecule has 0 bridgehead atoms. The summed E-state index contributed by atoms with van der Waals surface area (Å²) in [6, 6.07) is 6.83. The number of aryl methyl sites for hydroxylation is 1. The van der Waals surface area contributed by atoms with Gasteiger partial charge in [0.05, 0.1) is 5.69 Å². The van der Waals surface area contributed by atoms with Crippen molar-refractivity contribution < 1.29 is 23.1 Å². The molecule has 0 saturated heterocycles. The highest BCUT2D eigenvalue weighted by molar-refractivity contribution is 5.73. The van der Waals surface area contributed by atoms with Crippen LogP contribution in [0.15, 0.2) is 24.5 Å². The summed E-state index contributed by atoms with van der Waals surface area (Å²) in [4.78, 5) is 25.0. The first-order chi connectivity index (χ1) is 14.2. The monoisotopic (exact) mass is 423 g/mol. The Labute approximate surface area is 172 Å². The lowest BCUT2D eigenvalue weighted by Crippen LogP contribution is -2.28. The molecule has 2 aromatic rings. The molecule has 2 aliphatic rings. The first-order valence-corrected chi connectivity index (χ1v) is 9.82. The number of fused-ring (bicyclic) bond motifs is 1. The number of aliphatic carboxylic acids is 1. The first-order valence-electron chi connectivity index (χ1n) is 9.82. The van der Waals surface area contributed by atoms with Gasteiger partial charge in [0.15, 0.2) is 0 Å². The van der Waals surface area contributed by atoms with Gasteiger partial charge in [0, 0.05) is 36.8 Å². The molecule has 162 valence electrons. The van der Waals surface area contributed by atoms with Crippen molar-refractivity contribution in [2.75, 3.05) is 23.3 Å². The van der Waals surface area contributed by atoms with E-state index in [4.69, 9.17) is 9.90 Å². The zero-order chi connectivity index (χ0) is 21.7. The molecule has 0 atom stereocenters. The molecular weight excluding hydrogens is 399 g/mol. The maximum absolute atomic E-state index is 10.6. The van der Waals surface area contributed by atoms with E-state index < -0.39 is 12.1 Å². The van der Waals surface area contributed by atoms with Crippen LogP contribution in [0.3, 0.4) is 0 Å². The van der Waals surface area contributed by atoms with Gasteiger partial charge < -0.3 is 15.3 Å². The Hall–Kier alpha value is -2.91. The van der Waals surface area contributed by atoms with Gasteiger partial charge in [0.2, 0.25) is 0 Å². The molecule has 1 aliphatic heterocycles. The average molecular weight is 423 g/mol. The van der Waals surface area contributed by atoms with Gasteiger partial charge in [-0.1, -0.05) is 6.07 Å². The van der Waals surface area contributed by atoms with E-state index in [1.54, 1.807) is 6.33 Å². The lowest BCUT2D eigenvalue weighted by atomic mass is 9.93. The summed E-state index contributed by atoms with van der Waals surface area (Å²) in [6.45, 7) is 3.97. The Balaban J connectivity index is 0.000000318. The van der Waals surface area contributed by atoms with E-state index in [-0.39, 0.29) is 0 Å². The fourth-order valence-corrected chi connectivity index (χ4v) is 3.33. The summed E-state index contributed by atoms with van der Waals surface area (Å²) in [7, 11) is 0. The number of hydrogen-bond acceptors (Lipinski definition) is 6. The zero-order valence-corrected chi connectivity index (χ0v) is 16.6. The number of aromatic nitrogens is 3. The van der Waals surface area contributed by atoms with E-state index in [0.29, 0.717) is 6.04 Å². The van der Waals surface area contributed by atoms with Crippen molar-refractivity contribution in [3.8, 4) is 0 Å². The van der Waals surface area contributed by atoms with Crippen LogP contribution in [0.5, 0.6) is 0 Å². The van der Waals surface area contributed by atoms with Crippen molar-refractivity contribution in [2.24, 2.45) is 0 Å². The number of nitrogens with zero attached hydrogens (tertiary/aromatic N) is 4. The quantitative estimate of drug-likeness (QED) is 0.782. The first kappa shape index (κ1) is 21.8. The van der Waals surface area contributed by atoms with Crippen LogP contribution >= 0.6 is 0 Å². The molecule has 0 unspecified atom stereocenters. The predicted molar refractivity (Wildman–Crippen MR) is 106 cm³/mol. The maximum Gasteiger partial charge on any atom is 0.490 e. The standard InChI is InChI=1S/C18H23N5.C2HF3O2/c1-13-4-2-7-17(21-13)23-10-8-15-16(9-11-23)19-12-20-18(15)22-14-5-3-6-14;3-2(4,5)1(6)7/h2,4,7,12,14H,3,5-6,8-11H2,1H3,(H,19,20,22);(H,6,7). The summed E-state index contributed by atoms with van der Waals surface area (Å²) in [6.07, 6.45) is 2.40. The molecule has 30 heavy (non-hydrogen) atoms. The van der Waals surface area contributed by atoms with E-state index in [1.807, 2.05) is 13.0 Å². The third-order valence-corrected chi connectivity index (χ3v) is 5.17. The third-order valence-electron chi connectivity index (χ3n) is 5.17. The number of carboxylic acid groups (broad SMARTS) is 1. The number of carbonyl (C=O) groups is 1. The van der Waals surface area contributed by atoms with Gasteiger partial charge in [0.1, 0.15) is 18.0 Å². The number of rotatable bonds is 3. The smallest absolute Gasteiger partial charge is 0.475 e. The summed E-state index contributed by atoms with van der Waals surface area (Å²) in [5.74, 6) is -0.634. The van der Waals surface area contributed by atoms with Crippen molar-refractivity contribution in [1.29, 1.82) is 0 Å². The molecule has 0 amide bonds. The van der Waals surface area contributed by atoms with E-state index >= 15 is 0 Å². The second kappa shape index (κ2) is 9.27. The molecule has 3 heterocycles. The largest absolute Gasteiger partial charge is 0.490 e. The molecule has 0 spiro atoms. The average Bonchev–Trinajstić information content (AvgIpc) is 2.87. The fourth-order valence-electron chi connectivity index (χ4n) is 3.33. The third kappa shape index (κ3) is 5.58. The number of carboxylic acids is 1. The Kier molecular flexibility index (Phi) is 6.73. The number of nitrogens with one attached hydrogen (secondary N) is 1. The van der Waals surface area contributed by atoms with Gasteiger partial charge in [-0.15, -0.1) is 0 Å². The molecule has 4 rings (SSSR count). The van der Waals surface area contributed by atoms with Crippen molar-refractivity contribution in [1.82, 2.24) is 15.0 Å². The SMILES string of the molecule is Cc1cccc(N2CCc3ncnc(NC4CCC4)c3CC2)n1.O=C(O)C(F)(F)F. The highest BCUT2D eigenvalue weighted by Gasteiger charge is 2.38. The normalized spacial score (nSPS) is 16.5. The van der Waals surface area contributed by atoms with Gasteiger partial charge in [0.25, 0.3) is 0 Å². The summed E-state index contributed by atoms with van der Waals surface area (Å²) >= 11 is 0. The topological polar surface area (TPSA) is 91.2 Å².